The molecule has 4 nitrogen and oxygen atoms in total. The second kappa shape index (κ2) is 6.82. The maximum absolute atomic E-state index is 14.0. The van der Waals surface area contributed by atoms with E-state index in [2.05, 4.69) is 41.5 Å². The highest BCUT2D eigenvalue weighted by Gasteiger charge is 2.67. The molecular weight excluding hydrogens is 412 g/mol. The highest BCUT2D eigenvalue weighted by Crippen LogP contribution is 2.71. The Balaban J connectivity index is 1.61. The van der Waals surface area contributed by atoms with Crippen molar-refractivity contribution in [3.05, 3.63) is 11.6 Å². The monoisotopic (exact) mass is 454 g/mol. The standard InChI is InChI=1S/C29H42O4/c1-25(2)13-14-29(24(32)33)12-7-18-17(19(29)16-25)15-20(30)23-27(18,5)10-8-21-26(3,4)22(31)9-11-28(21,23)6/h15,18-19,21,23H,7-14,16H2,1-6H3,(H,32,33)/t18?,19-,21-,23?,27-,28-,29+/m0/s1. The minimum absolute atomic E-state index is 0.0332. The molecule has 7 atom stereocenters. The molecule has 0 heterocycles. The van der Waals surface area contributed by atoms with Gasteiger partial charge in [0.25, 0.3) is 0 Å². The summed E-state index contributed by atoms with van der Waals surface area (Å²) in [4.78, 5) is 39.5. The zero-order valence-corrected chi connectivity index (χ0v) is 21.4. The predicted octanol–water partition coefficient (Wildman–Crippen LogP) is 6.23. The lowest BCUT2D eigenvalue weighted by Crippen LogP contribution is -2.63. The highest BCUT2D eigenvalue weighted by atomic mass is 16.4. The first-order chi connectivity index (χ1) is 15.2. The molecule has 5 aliphatic rings. The van der Waals surface area contributed by atoms with Crippen molar-refractivity contribution >= 4 is 17.5 Å². The van der Waals surface area contributed by atoms with Gasteiger partial charge in [-0.25, -0.2) is 0 Å². The maximum atomic E-state index is 14.0. The van der Waals surface area contributed by atoms with Gasteiger partial charge in [-0.05, 0) is 91.4 Å². The number of carbonyl (C=O) groups excluding carboxylic acids is 2. The fraction of sp³-hybridized carbons (Fsp3) is 0.828. The van der Waals surface area contributed by atoms with Crippen LogP contribution in [0.3, 0.4) is 0 Å². The molecule has 0 amide bonds. The van der Waals surface area contributed by atoms with Gasteiger partial charge >= 0.3 is 5.97 Å². The van der Waals surface area contributed by atoms with E-state index < -0.39 is 11.4 Å². The molecule has 4 fully saturated rings. The van der Waals surface area contributed by atoms with Crippen LogP contribution in [-0.2, 0) is 14.4 Å². The van der Waals surface area contributed by atoms with Gasteiger partial charge in [-0.15, -0.1) is 0 Å². The molecule has 5 rings (SSSR count). The number of carboxylic acids is 1. The van der Waals surface area contributed by atoms with Gasteiger partial charge in [0.1, 0.15) is 5.78 Å². The summed E-state index contributed by atoms with van der Waals surface area (Å²) in [6.45, 7) is 13.3. The van der Waals surface area contributed by atoms with Crippen LogP contribution in [0.5, 0.6) is 0 Å². The van der Waals surface area contributed by atoms with Crippen LogP contribution in [0.2, 0.25) is 0 Å². The van der Waals surface area contributed by atoms with Crippen LogP contribution in [0.1, 0.15) is 99.3 Å². The fourth-order valence-corrected chi connectivity index (χ4v) is 9.97. The van der Waals surface area contributed by atoms with Crippen LogP contribution in [0, 0.1) is 50.7 Å². The number of hydrogen-bond donors (Lipinski definition) is 1. The van der Waals surface area contributed by atoms with Crippen LogP contribution in [0.25, 0.3) is 0 Å². The quantitative estimate of drug-likeness (QED) is 0.510. The summed E-state index contributed by atoms with van der Waals surface area (Å²) < 4.78 is 0. The van der Waals surface area contributed by atoms with E-state index in [1.54, 1.807) is 0 Å². The van der Waals surface area contributed by atoms with Crippen molar-refractivity contribution in [2.75, 3.05) is 0 Å². The van der Waals surface area contributed by atoms with E-state index in [9.17, 15) is 19.5 Å². The van der Waals surface area contributed by atoms with Crippen LogP contribution < -0.4 is 0 Å². The summed E-state index contributed by atoms with van der Waals surface area (Å²) in [7, 11) is 0. The number of rotatable bonds is 1. The van der Waals surface area contributed by atoms with Crippen LogP contribution in [0.4, 0.5) is 0 Å². The van der Waals surface area contributed by atoms with Crippen molar-refractivity contribution in [1.29, 1.82) is 0 Å². The summed E-state index contributed by atoms with van der Waals surface area (Å²) in [6.07, 6.45) is 9.35. The van der Waals surface area contributed by atoms with Gasteiger partial charge in [-0.2, -0.15) is 0 Å². The molecule has 0 bridgehead atoms. The largest absolute Gasteiger partial charge is 0.481 e. The van der Waals surface area contributed by atoms with Gasteiger partial charge in [0, 0.05) is 17.8 Å². The number of aliphatic carboxylic acids is 1. The van der Waals surface area contributed by atoms with Crippen molar-refractivity contribution in [1.82, 2.24) is 0 Å². The summed E-state index contributed by atoms with van der Waals surface area (Å²) in [5, 5.41) is 10.4. The average Bonchev–Trinajstić information content (AvgIpc) is 2.70. The molecule has 33 heavy (non-hydrogen) atoms. The molecular formula is C29H42O4. The molecule has 0 spiro atoms. The Labute approximate surface area is 199 Å². The molecule has 182 valence electrons. The number of ketones is 2. The Hall–Kier alpha value is -1.45. The molecule has 5 aliphatic carbocycles. The number of Topliss-reactive ketones (excluding diaryl/α,β-unsaturated/α-hetero) is 1. The molecule has 4 heteroatoms. The van der Waals surface area contributed by atoms with E-state index in [1.165, 1.54) is 0 Å². The van der Waals surface area contributed by atoms with E-state index in [-0.39, 0.29) is 51.1 Å². The van der Waals surface area contributed by atoms with Gasteiger partial charge in [0.05, 0.1) is 5.41 Å². The summed E-state index contributed by atoms with van der Waals surface area (Å²) in [5.41, 5.74) is -0.136. The molecule has 2 unspecified atom stereocenters. The third kappa shape index (κ3) is 2.91. The van der Waals surface area contributed by atoms with Crippen LogP contribution in [-0.4, -0.2) is 22.6 Å². The molecule has 1 N–H and O–H groups in total. The van der Waals surface area contributed by atoms with Gasteiger partial charge in [0.2, 0.25) is 0 Å². The predicted molar refractivity (Wildman–Crippen MR) is 127 cm³/mol. The molecule has 0 aromatic heterocycles. The molecule has 0 saturated heterocycles. The smallest absolute Gasteiger partial charge is 0.310 e. The average molecular weight is 455 g/mol. The van der Waals surface area contributed by atoms with Gasteiger partial charge in [-0.3, -0.25) is 14.4 Å². The van der Waals surface area contributed by atoms with Crippen molar-refractivity contribution < 1.29 is 19.5 Å². The number of carbonyl (C=O) groups is 3. The third-order valence-electron chi connectivity index (χ3n) is 11.7. The van der Waals surface area contributed by atoms with E-state index in [4.69, 9.17) is 0 Å². The third-order valence-corrected chi connectivity index (χ3v) is 11.7. The topological polar surface area (TPSA) is 71.4 Å². The minimum atomic E-state index is -0.707. The summed E-state index contributed by atoms with van der Waals surface area (Å²) in [6, 6.07) is 0. The Bertz CT molecular complexity index is 957. The number of carboxylic acid groups (broad SMARTS) is 1. The van der Waals surface area contributed by atoms with E-state index in [1.807, 2.05) is 6.08 Å². The first-order valence-corrected chi connectivity index (χ1v) is 13.2. The summed E-state index contributed by atoms with van der Waals surface area (Å²) >= 11 is 0. The Kier molecular flexibility index (Phi) is 4.81. The van der Waals surface area contributed by atoms with Crippen molar-refractivity contribution in [2.24, 2.45) is 50.7 Å². The van der Waals surface area contributed by atoms with E-state index >= 15 is 0 Å². The second-order valence-corrected chi connectivity index (χ2v) is 14.2. The summed E-state index contributed by atoms with van der Waals surface area (Å²) in [5.74, 6) is 0.314. The second-order valence-electron chi connectivity index (χ2n) is 14.2. The molecule has 0 radical (unpaired) electrons. The number of hydrogen-bond acceptors (Lipinski definition) is 3. The normalized spacial score (nSPS) is 48.0. The Morgan fingerprint density at radius 2 is 1.58 bits per heavy atom. The first-order valence-electron chi connectivity index (χ1n) is 13.2. The van der Waals surface area contributed by atoms with E-state index in [0.29, 0.717) is 18.6 Å². The van der Waals surface area contributed by atoms with E-state index in [0.717, 1.165) is 50.5 Å². The van der Waals surface area contributed by atoms with Crippen LogP contribution >= 0.6 is 0 Å². The molecule has 0 aromatic rings. The molecule has 0 aromatic carbocycles. The van der Waals surface area contributed by atoms with Crippen molar-refractivity contribution in [3.63, 3.8) is 0 Å². The van der Waals surface area contributed by atoms with Crippen molar-refractivity contribution in [3.8, 4) is 0 Å². The number of fused-ring (bicyclic) bond motifs is 7. The maximum Gasteiger partial charge on any atom is 0.310 e. The fourth-order valence-electron chi connectivity index (χ4n) is 9.97. The van der Waals surface area contributed by atoms with Crippen molar-refractivity contribution in [2.45, 2.75) is 99.3 Å². The van der Waals surface area contributed by atoms with Gasteiger partial charge < -0.3 is 5.11 Å². The Morgan fingerprint density at radius 3 is 2.24 bits per heavy atom. The minimum Gasteiger partial charge on any atom is -0.481 e. The number of allylic oxidation sites excluding steroid dienone is 2. The Morgan fingerprint density at radius 1 is 0.879 bits per heavy atom. The molecule has 4 saturated carbocycles. The van der Waals surface area contributed by atoms with Crippen LogP contribution in [0.15, 0.2) is 11.6 Å². The van der Waals surface area contributed by atoms with Gasteiger partial charge in [-0.1, -0.05) is 47.1 Å². The first kappa shape index (κ1) is 23.3. The zero-order chi connectivity index (χ0) is 24.2. The molecule has 0 aliphatic heterocycles. The zero-order valence-electron chi connectivity index (χ0n) is 21.4. The van der Waals surface area contributed by atoms with Gasteiger partial charge in [0.15, 0.2) is 5.78 Å². The lowest BCUT2D eigenvalue weighted by molar-refractivity contribution is -0.179. The SMILES string of the molecule is CC1(C)CC[C@]2(C(=O)O)CCC3C(=CC(=O)C4[C@@]3(C)CC[C@H]3C(C)(C)C(=O)CC[C@]43C)[C@@H]2C1. The highest BCUT2D eigenvalue weighted by molar-refractivity contribution is 5.96. The lowest BCUT2D eigenvalue weighted by atomic mass is 9.37. The lowest BCUT2D eigenvalue weighted by Gasteiger charge is -2.66.